The highest BCUT2D eigenvalue weighted by Gasteiger charge is 2.37. The first-order chi connectivity index (χ1) is 8.56. The molecule has 18 heavy (non-hydrogen) atoms. The zero-order valence-corrected chi connectivity index (χ0v) is 10.8. The van der Waals surface area contributed by atoms with Crippen molar-refractivity contribution in [3.05, 3.63) is 0 Å². The molecule has 1 N–H and O–H groups in total. The number of carbonyl (C=O) groups is 3. The van der Waals surface area contributed by atoms with Gasteiger partial charge in [-0.05, 0) is 6.42 Å². The molecular weight excluding hydrogens is 238 g/mol. The third-order valence-electron chi connectivity index (χ3n) is 2.57. The highest BCUT2D eigenvalue weighted by Crippen LogP contribution is 2.08. The van der Waals surface area contributed by atoms with Gasteiger partial charge in [-0.1, -0.05) is 31.2 Å². The van der Waals surface area contributed by atoms with Gasteiger partial charge in [-0.2, -0.15) is 0 Å². The van der Waals surface area contributed by atoms with Crippen molar-refractivity contribution in [2.75, 3.05) is 20.1 Å². The van der Waals surface area contributed by atoms with Crippen molar-refractivity contribution in [2.24, 2.45) is 0 Å². The van der Waals surface area contributed by atoms with Crippen LogP contribution in [-0.2, 0) is 9.63 Å². The van der Waals surface area contributed by atoms with Gasteiger partial charge in [0, 0.05) is 13.6 Å². The van der Waals surface area contributed by atoms with E-state index in [2.05, 4.69) is 17.1 Å². The van der Waals surface area contributed by atoms with E-state index in [4.69, 9.17) is 0 Å². The molecule has 0 aromatic carbocycles. The van der Waals surface area contributed by atoms with Gasteiger partial charge in [-0.15, -0.1) is 0 Å². The third kappa shape index (κ3) is 3.90. The van der Waals surface area contributed by atoms with Crippen LogP contribution in [0.15, 0.2) is 0 Å². The number of hydrogen-bond acceptors (Lipinski definition) is 4. The number of nitrogens with zero attached hydrogens (tertiary/aromatic N) is 2. The van der Waals surface area contributed by atoms with Crippen LogP contribution < -0.4 is 5.32 Å². The van der Waals surface area contributed by atoms with Gasteiger partial charge >= 0.3 is 12.1 Å². The largest absolute Gasteiger partial charge is 0.432 e. The summed E-state index contributed by atoms with van der Waals surface area (Å²) in [6.07, 6.45) is 3.34. The number of amides is 4. The molecule has 0 spiro atoms. The Morgan fingerprint density at radius 1 is 1.33 bits per heavy atom. The summed E-state index contributed by atoms with van der Waals surface area (Å²) < 4.78 is 0. The van der Waals surface area contributed by atoms with Crippen molar-refractivity contribution in [3.8, 4) is 0 Å². The maximum atomic E-state index is 11.4. The Labute approximate surface area is 106 Å². The molecule has 0 aliphatic carbocycles. The van der Waals surface area contributed by atoms with Crippen LogP contribution in [0.5, 0.6) is 0 Å². The molecule has 4 amide bonds. The predicted octanol–water partition coefficient (Wildman–Crippen LogP) is 1.10. The quantitative estimate of drug-likeness (QED) is 0.571. The Morgan fingerprint density at radius 3 is 2.61 bits per heavy atom. The SMILES string of the molecule is CCCCCCNC(=O)ON1C(=O)CN(C)C1=O. The van der Waals surface area contributed by atoms with E-state index >= 15 is 0 Å². The minimum atomic E-state index is -0.775. The lowest BCUT2D eigenvalue weighted by Crippen LogP contribution is -2.38. The standard InChI is InChI=1S/C11H19N3O4/c1-3-4-5-6-7-12-10(16)18-14-9(15)8-13(2)11(14)17/h3-8H2,1-2H3,(H,12,16). The molecule has 1 heterocycles. The average Bonchev–Trinajstić information content (AvgIpc) is 2.56. The lowest BCUT2D eigenvalue weighted by Gasteiger charge is -2.13. The molecule has 0 aromatic rings. The van der Waals surface area contributed by atoms with Gasteiger partial charge in [0.25, 0.3) is 5.91 Å². The Balaban J connectivity index is 2.24. The van der Waals surface area contributed by atoms with E-state index < -0.39 is 18.0 Å². The van der Waals surface area contributed by atoms with Gasteiger partial charge in [0.2, 0.25) is 0 Å². The number of urea groups is 1. The summed E-state index contributed by atoms with van der Waals surface area (Å²) in [6.45, 7) is 2.51. The van der Waals surface area contributed by atoms with Crippen molar-refractivity contribution in [1.29, 1.82) is 0 Å². The summed E-state index contributed by atoms with van der Waals surface area (Å²) in [7, 11) is 1.46. The van der Waals surface area contributed by atoms with Crippen molar-refractivity contribution < 1.29 is 19.2 Å². The smallest absolute Gasteiger partial charge is 0.320 e. The molecule has 0 radical (unpaired) electrons. The molecule has 0 atom stereocenters. The van der Waals surface area contributed by atoms with E-state index in [9.17, 15) is 14.4 Å². The van der Waals surface area contributed by atoms with Gasteiger partial charge < -0.3 is 15.1 Å². The number of likely N-dealkylation sites (N-methyl/N-ethyl adjacent to an activating group) is 1. The Hall–Kier alpha value is -1.79. The number of carbonyl (C=O) groups excluding carboxylic acids is 3. The van der Waals surface area contributed by atoms with Gasteiger partial charge in [-0.3, -0.25) is 4.79 Å². The van der Waals surface area contributed by atoms with Crippen molar-refractivity contribution >= 4 is 18.0 Å². The first-order valence-electron chi connectivity index (χ1n) is 6.10. The monoisotopic (exact) mass is 257 g/mol. The first kappa shape index (κ1) is 14.3. The fourth-order valence-corrected chi connectivity index (χ4v) is 1.54. The van der Waals surface area contributed by atoms with Crippen LogP contribution in [0, 0.1) is 0 Å². The summed E-state index contributed by atoms with van der Waals surface area (Å²) >= 11 is 0. The zero-order valence-electron chi connectivity index (χ0n) is 10.8. The summed E-state index contributed by atoms with van der Waals surface area (Å²) in [5.41, 5.74) is 0. The Kier molecular flexibility index (Phi) is 5.41. The van der Waals surface area contributed by atoms with E-state index in [0.29, 0.717) is 11.6 Å². The molecule has 7 heteroatoms. The second-order valence-electron chi connectivity index (χ2n) is 4.19. The number of unbranched alkanes of at least 4 members (excludes halogenated alkanes) is 3. The fourth-order valence-electron chi connectivity index (χ4n) is 1.54. The fraction of sp³-hybridized carbons (Fsp3) is 0.727. The molecule has 7 nitrogen and oxygen atoms in total. The van der Waals surface area contributed by atoms with Crippen LogP contribution in [0.2, 0.25) is 0 Å². The summed E-state index contributed by atoms with van der Waals surface area (Å²) in [6, 6.07) is -0.624. The van der Waals surface area contributed by atoms with Crippen molar-refractivity contribution in [1.82, 2.24) is 15.3 Å². The van der Waals surface area contributed by atoms with Crippen LogP contribution >= 0.6 is 0 Å². The van der Waals surface area contributed by atoms with E-state index in [1.807, 2.05) is 0 Å². The lowest BCUT2D eigenvalue weighted by molar-refractivity contribution is -0.147. The molecule has 0 bridgehead atoms. The highest BCUT2D eigenvalue weighted by molar-refractivity contribution is 6.01. The third-order valence-corrected chi connectivity index (χ3v) is 2.57. The highest BCUT2D eigenvalue weighted by atomic mass is 16.7. The molecule has 102 valence electrons. The summed E-state index contributed by atoms with van der Waals surface area (Å²) in [5.74, 6) is -0.538. The van der Waals surface area contributed by atoms with Crippen LogP contribution in [-0.4, -0.2) is 48.1 Å². The maximum Gasteiger partial charge on any atom is 0.432 e. The van der Waals surface area contributed by atoms with Gasteiger partial charge in [0.1, 0.15) is 6.54 Å². The molecule has 0 unspecified atom stereocenters. The van der Waals surface area contributed by atoms with Gasteiger partial charge in [-0.25, -0.2) is 9.59 Å². The van der Waals surface area contributed by atoms with Crippen molar-refractivity contribution in [2.45, 2.75) is 32.6 Å². The second-order valence-corrected chi connectivity index (χ2v) is 4.19. The predicted molar refractivity (Wildman–Crippen MR) is 63.5 cm³/mol. The van der Waals surface area contributed by atoms with E-state index in [1.165, 1.54) is 11.9 Å². The molecule has 1 fully saturated rings. The molecule has 0 aromatic heterocycles. The van der Waals surface area contributed by atoms with Gasteiger partial charge in [0.15, 0.2) is 0 Å². The molecule has 1 aliphatic heterocycles. The maximum absolute atomic E-state index is 11.4. The molecule has 1 saturated heterocycles. The summed E-state index contributed by atoms with van der Waals surface area (Å²) in [4.78, 5) is 39.9. The van der Waals surface area contributed by atoms with Crippen LogP contribution in [0.25, 0.3) is 0 Å². The second kappa shape index (κ2) is 6.83. The van der Waals surface area contributed by atoms with Crippen LogP contribution in [0.4, 0.5) is 9.59 Å². The van der Waals surface area contributed by atoms with E-state index in [1.54, 1.807) is 0 Å². The van der Waals surface area contributed by atoms with E-state index in [0.717, 1.165) is 25.7 Å². The number of hydroxylamine groups is 2. The lowest BCUT2D eigenvalue weighted by atomic mass is 10.2. The normalized spacial score (nSPS) is 15.2. The number of nitrogens with one attached hydrogen (secondary N) is 1. The zero-order chi connectivity index (χ0) is 13.5. The molecular formula is C11H19N3O4. The average molecular weight is 257 g/mol. The molecule has 1 aliphatic rings. The van der Waals surface area contributed by atoms with Crippen LogP contribution in [0.3, 0.4) is 0 Å². The summed E-state index contributed by atoms with van der Waals surface area (Å²) in [5, 5.41) is 2.99. The molecule has 0 saturated carbocycles. The first-order valence-corrected chi connectivity index (χ1v) is 6.10. The van der Waals surface area contributed by atoms with Crippen LogP contribution in [0.1, 0.15) is 32.6 Å². The topological polar surface area (TPSA) is 79.0 Å². The minimum absolute atomic E-state index is 0.0669. The number of imide groups is 1. The van der Waals surface area contributed by atoms with Gasteiger partial charge in [0.05, 0.1) is 0 Å². The number of hydrogen-bond donors (Lipinski definition) is 1. The molecule has 1 rings (SSSR count). The Morgan fingerprint density at radius 2 is 2.06 bits per heavy atom. The minimum Gasteiger partial charge on any atom is -0.320 e. The number of rotatable bonds is 6. The Bertz CT molecular complexity index is 332. The van der Waals surface area contributed by atoms with Crippen molar-refractivity contribution in [3.63, 3.8) is 0 Å². The van der Waals surface area contributed by atoms with E-state index in [-0.39, 0.29) is 6.54 Å².